The van der Waals surface area contributed by atoms with Gasteiger partial charge < -0.3 is 10.1 Å². The predicted molar refractivity (Wildman–Crippen MR) is 89.1 cm³/mol. The van der Waals surface area contributed by atoms with Crippen LogP contribution in [0, 0.1) is 0 Å². The van der Waals surface area contributed by atoms with Gasteiger partial charge in [0.25, 0.3) is 0 Å². The monoisotopic (exact) mass is 349 g/mol. The van der Waals surface area contributed by atoms with Gasteiger partial charge in [0.05, 0.1) is 6.42 Å². The number of halogens is 2. The first-order valence-corrected chi connectivity index (χ1v) is 7.83. The lowest BCUT2D eigenvalue weighted by atomic mass is 9.89. The zero-order chi connectivity index (χ0) is 16.4. The number of benzene rings is 2. The molecule has 0 aromatic heterocycles. The Hall–Kier alpha value is -2.04. The summed E-state index contributed by atoms with van der Waals surface area (Å²) in [5.41, 5.74) is 1.32. The number of anilines is 1. The van der Waals surface area contributed by atoms with Gasteiger partial charge in [-0.15, -0.1) is 0 Å². The normalized spacial score (nSPS) is 16.4. The summed E-state index contributed by atoms with van der Waals surface area (Å²) in [5.74, 6) is -0.452. The fourth-order valence-corrected chi connectivity index (χ4v) is 3.16. The van der Waals surface area contributed by atoms with Crippen LogP contribution in [0.5, 0.6) is 5.75 Å². The Bertz CT molecular complexity index is 776. The van der Waals surface area contributed by atoms with Crippen LogP contribution in [0.25, 0.3) is 0 Å². The summed E-state index contributed by atoms with van der Waals surface area (Å²) >= 11 is 12.1. The third-order valence-corrected chi connectivity index (χ3v) is 4.16. The van der Waals surface area contributed by atoms with Crippen LogP contribution in [0.2, 0.25) is 10.0 Å². The molecule has 0 aliphatic carbocycles. The molecule has 23 heavy (non-hydrogen) atoms. The summed E-state index contributed by atoms with van der Waals surface area (Å²) in [6, 6.07) is 12.0. The maximum atomic E-state index is 12.3. The molecule has 118 valence electrons. The van der Waals surface area contributed by atoms with Gasteiger partial charge in [0.15, 0.2) is 0 Å². The van der Waals surface area contributed by atoms with Crippen molar-refractivity contribution in [2.24, 2.45) is 0 Å². The summed E-state index contributed by atoms with van der Waals surface area (Å²) in [7, 11) is 0. The van der Waals surface area contributed by atoms with E-state index in [9.17, 15) is 9.59 Å². The van der Waals surface area contributed by atoms with E-state index in [-0.39, 0.29) is 30.6 Å². The fraction of sp³-hybridized carbons (Fsp3) is 0.176. The molecule has 0 saturated heterocycles. The van der Waals surface area contributed by atoms with Gasteiger partial charge in [-0.05, 0) is 30.3 Å². The largest absolute Gasteiger partial charge is 0.426 e. The zero-order valence-corrected chi connectivity index (χ0v) is 13.5. The van der Waals surface area contributed by atoms with Crippen LogP contribution in [0.1, 0.15) is 24.3 Å². The van der Waals surface area contributed by atoms with Crippen LogP contribution in [-0.4, -0.2) is 11.9 Å². The van der Waals surface area contributed by atoms with Gasteiger partial charge in [0, 0.05) is 33.6 Å². The van der Waals surface area contributed by atoms with E-state index in [4.69, 9.17) is 27.9 Å². The average molecular weight is 350 g/mol. The molecule has 3 rings (SSSR count). The number of hydrogen-bond acceptors (Lipinski definition) is 3. The van der Waals surface area contributed by atoms with Crippen LogP contribution in [0.3, 0.4) is 0 Å². The Balaban J connectivity index is 1.78. The quantitative estimate of drug-likeness (QED) is 0.659. The van der Waals surface area contributed by atoms with E-state index in [2.05, 4.69) is 5.32 Å². The molecule has 1 atom stereocenters. The third kappa shape index (κ3) is 3.66. The van der Waals surface area contributed by atoms with E-state index in [0.29, 0.717) is 27.0 Å². The van der Waals surface area contributed by atoms with Crippen molar-refractivity contribution in [1.82, 2.24) is 0 Å². The van der Waals surface area contributed by atoms with Crippen molar-refractivity contribution in [3.63, 3.8) is 0 Å². The summed E-state index contributed by atoms with van der Waals surface area (Å²) < 4.78 is 5.19. The summed E-state index contributed by atoms with van der Waals surface area (Å²) in [4.78, 5) is 24.0. The molecule has 1 aliphatic heterocycles. The molecule has 1 aliphatic rings. The van der Waals surface area contributed by atoms with Gasteiger partial charge in [-0.25, -0.2) is 0 Å². The van der Waals surface area contributed by atoms with Crippen LogP contribution >= 0.6 is 23.2 Å². The van der Waals surface area contributed by atoms with E-state index in [1.165, 1.54) is 0 Å². The smallest absolute Gasteiger partial charge is 0.311 e. The molecule has 6 heteroatoms. The minimum Gasteiger partial charge on any atom is -0.426 e. The molecule has 2 aromatic carbocycles. The van der Waals surface area contributed by atoms with Gasteiger partial charge in [0.2, 0.25) is 5.91 Å². The number of nitrogens with one attached hydrogen (secondary N) is 1. The zero-order valence-electron chi connectivity index (χ0n) is 12.0. The van der Waals surface area contributed by atoms with Crippen molar-refractivity contribution in [1.29, 1.82) is 0 Å². The molecule has 0 bridgehead atoms. The first kappa shape index (κ1) is 15.8. The minimum absolute atomic E-state index is 0.125. The maximum absolute atomic E-state index is 12.3. The summed E-state index contributed by atoms with van der Waals surface area (Å²) in [6.07, 6.45) is 0.262. The van der Waals surface area contributed by atoms with Crippen LogP contribution in [-0.2, 0) is 9.59 Å². The Kier molecular flexibility index (Phi) is 4.55. The van der Waals surface area contributed by atoms with E-state index in [1.807, 2.05) is 0 Å². The molecule has 0 unspecified atom stereocenters. The molecular formula is C17H13Cl2NO3. The fourth-order valence-electron chi connectivity index (χ4n) is 2.65. The standard InChI is InChI=1S/C17H13Cl2NO3/c18-11-3-1-4-12(9-11)20-15(21)7-10-8-16(22)23-14-6-2-5-13(19)17(10)14/h1-6,9-10H,7-8H2,(H,20,21)/t10-/m1/s1. The summed E-state index contributed by atoms with van der Waals surface area (Å²) in [5, 5.41) is 3.81. The first-order chi connectivity index (χ1) is 11.0. The van der Waals surface area contributed by atoms with Crippen LogP contribution in [0.4, 0.5) is 5.69 Å². The number of ether oxygens (including phenoxy) is 1. The number of carbonyl (C=O) groups excluding carboxylic acids is 2. The highest BCUT2D eigenvalue weighted by atomic mass is 35.5. The van der Waals surface area contributed by atoms with Crippen molar-refractivity contribution < 1.29 is 14.3 Å². The van der Waals surface area contributed by atoms with Crippen LogP contribution in [0.15, 0.2) is 42.5 Å². The van der Waals surface area contributed by atoms with Crippen molar-refractivity contribution in [3.05, 3.63) is 58.1 Å². The van der Waals surface area contributed by atoms with Gasteiger partial charge in [0.1, 0.15) is 5.75 Å². The van der Waals surface area contributed by atoms with Crippen molar-refractivity contribution in [2.75, 3.05) is 5.32 Å². The Morgan fingerprint density at radius 2 is 2.00 bits per heavy atom. The topological polar surface area (TPSA) is 55.4 Å². The highest BCUT2D eigenvalue weighted by Crippen LogP contribution is 2.40. The Labute approximate surface area is 143 Å². The second-order valence-corrected chi connectivity index (χ2v) is 6.13. The number of fused-ring (bicyclic) bond motifs is 1. The molecule has 2 aromatic rings. The number of rotatable bonds is 3. The molecule has 0 saturated carbocycles. The van der Waals surface area contributed by atoms with Crippen LogP contribution < -0.4 is 10.1 Å². The Morgan fingerprint density at radius 3 is 2.78 bits per heavy atom. The lowest BCUT2D eigenvalue weighted by Crippen LogP contribution is -2.24. The summed E-state index contributed by atoms with van der Waals surface area (Å²) in [6.45, 7) is 0. The first-order valence-electron chi connectivity index (χ1n) is 7.07. The SMILES string of the molecule is O=C(C[C@@H]1CC(=O)Oc2cccc(Cl)c21)Nc1cccc(Cl)c1. The van der Waals surface area contributed by atoms with Gasteiger partial charge >= 0.3 is 5.97 Å². The second-order valence-electron chi connectivity index (χ2n) is 5.29. The molecule has 1 heterocycles. The number of amides is 1. The van der Waals surface area contributed by atoms with E-state index in [1.54, 1.807) is 42.5 Å². The number of esters is 1. The van der Waals surface area contributed by atoms with E-state index < -0.39 is 0 Å². The van der Waals surface area contributed by atoms with E-state index >= 15 is 0 Å². The van der Waals surface area contributed by atoms with Gasteiger partial charge in [-0.2, -0.15) is 0 Å². The minimum atomic E-state index is -0.361. The lowest BCUT2D eigenvalue weighted by molar-refractivity contribution is -0.136. The predicted octanol–water partition coefficient (Wildman–Crippen LogP) is 4.41. The molecule has 1 amide bonds. The van der Waals surface area contributed by atoms with E-state index in [0.717, 1.165) is 0 Å². The van der Waals surface area contributed by atoms with Gasteiger partial charge in [-0.1, -0.05) is 35.3 Å². The highest BCUT2D eigenvalue weighted by molar-refractivity contribution is 6.32. The average Bonchev–Trinajstić information content (AvgIpc) is 2.46. The maximum Gasteiger partial charge on any atom is 0.311 e. The lowest BCUT2D eigenvalue weighted by Gasteiger charge is -2.25. The molecule has 0 radical (unpaired) electrons. The van der Waals surface area contributed by atoms with Gasteiger partial charge in [-0.3, -0.25) is 9.59 Å². The molecule has 1 N–H and O–H groups in total. The Morgan fingerprint density at radius 1 is 1.22 bits per heavy atom. The second kappa shape index (κ2) is 6.60. The number of hydrogen-bond donors (Lipinski definition) is 1. The van der Waals surface area contributed by atoms with Crippen molar-refractivity contribution in [3.8, 4) is 5.75 Å². The molecule has 0 spiro atoms. The van der Waals surface area contributed by atoms with Crippen molar-refractivity contribution in [2.45, 2.75) is 18.8 Å². The highest BCUT2D eigenvalue weighted by Gasteiger charge is 2.30. The molecule has 4 nitrogen and oxygen atoms in total. The third-order valence-electron chi connectivity index (χ3n) is 3.60. The van der Waals surface area contributed by atoms with Crippen molar-refractivity contribution >= 4 is 40.8 Å². The molecular weight excluding hydrogens is 337 g/mol. The number of carbonyl (C=O) groups is 2. The molecule has 0 fully saturated rings.